The zero-order chi connectivity index (χ0) is 6.69. The fourth-order valence-electron chi connectivity index (χ4n) is 0.639. The molecule has 0 fully saturated rings. The van der Waals surface area contributed by atoms with E-state index in [4.69, 9.17) is 0 Å². The van der Waals surface area contributed by atoms with Crippen LogP contribution in [0.15, 0.2) is 25.4 Å². The van der Waals surface area contributed by atoms with Crippen LogP contribution < -0.4 is 0 Å². The van der Waals surface area contributed by atoms with Crippen molar-refractivity contribution in [1.29, 1.82) is 0 Å². The van der Waals surface area contributed by atoms with Crippen LogP contribution in [-0.4, -0.2) is 9.78 Å². The number of hydrogen-bond acceptors (Lipinski definition) is 1. The molecule has 0 aliphatic heterocycles. The van der Waals surface area contributed by atoms with E-state index in [-0.39, 0.29) is 0 Å². The van der Waals surface area contributed by atoms with Crippen molar-refractivity contribution in [3.63, 3.8) is 0 Å². The van der Waals surface area contributed by atoms with Crippen molar-refractivity contribution in [3.8, 4) is 0 Å². The van der Waals surface area contributed by atoms with Crippen molar-refractivity contribution in [1.82, 2.24) is 9.78 Å². The summed E-state index contributed by atoms with van der Waals surface area (Å²) < 4.78 is 1.66. The average molecular weight is 120 g/mol. The van der Waals surface area contributed by atoms with E-state index in [2.05, 4.69) is 18.3 Å². The molecule has 1 aromatic heterocycles. The summed E-state index contributed by atoms with van der Waals surface area (Å²) in [7, 11) is 0. The van der Waals surface area contributed by atoms with Crippen molar-refractivity contribution in [2.45, 2.75) is 0 Å². The average Bonchev–Trinajstić information content (AvgIpc) is 2.33. The lowest BCUT2D eigenvalue weighted by molar-refractivity contribution is 0.927. The third kappa shape index (κ3) is 0.914. The van der Waals surface area contributed by atoms with Gasteiger partial charge in [0.25, 0.3) is 0 Å². The van der Waals surface area contributed by atoms with Gasteiger partial charge in [-0.25, -0.2) is 4.68 Å². The van der Waals surface area contributed by atoms with Gasteiger partial charge in [0.05, 0.1) is 5.69 Å². The first-order valence-electron chi connectivity index (χ1n) is 2.67. The van der Waals surface area contributed by atoms with Crippen LogP contribution in [0.4, 0.5) is 0 Å². The smallest absolute Gasteiger partial charge is 0.0655 e. The first kappa shape index (κ1) is 5.82. The van der Waals surface area contributed by atoms with Crippen molar-refractivity contribution in [2.75, 3.05) is 0 Å². The second-order valence-corrected chi connectivity index (χ2v) is 1.59. The Bertz CT molecular complexity index is 200. The highest BCUT2D eigenvalue weighted by molar-refractivity contribution is 5.44. The number of hydrogen-bond donors (Lipinski definition) is 0. The van der Waals surface area contributed by atoms with E-state index in [0.29, 0.717) is 0 Å². The van der Waals surface area contributed by atoms with E-state index in [1.807, 2.05) is 6.07 Å². The van der Waals surface area contributed by atoms with Crippen LogP contribution in [0.1, 0.15) is 5.69 Å². The van der Waals surface area contributed by atoms with Gasteiger partial charge >= 0.3 is 0 Å². The zero-order valence-electron chi connectivity index (χ0n) is 5.12. The molecule has 0 spiro atoms. The Morgan fingerprint density at radius 2 is 2.33 bits per heavy atom. The van der Waals surface area contributed by atoms with Crippen LogP contribution in [0.2, 0.25) is 0 Å². The maximum atomic E-state index is 3.93. The summed E-state index contributed by atoms with van der Waals surface area (Å²) in [6.45, 7) is 7.17. The summed E-state index contributed by atoms with van der Waals surface area (Å²) in [5.41, 5.74) is 0.963. The molecule has 1 aromatic rings. The van der Waals surface area contributed by atoms with Crippen LogP contribution in [0.25, 0.3) is 12.3 Å². The third-order valence-corrected chi connectivity index (χ3v) is 1.08. The number of rotatable bonds is 2. The van der Waals surface area contributed by atoms with Crippen LogP contribution in [0, 0.1) is 0 Å². The third-order valence-electron chi connectivity index (χ3n) is 1.08. The van der Waals surface area contributed by atoms with Gasteiger partial charge in [0.2, 0.25) is 0 Å². The molecule has 0 saturated carbocycles. The quantitative estimate of drug-likeness (QED) is 0.580. The monoisotopic (exact) mass is 120 g/mol. The summed E-state index contributed by atoms with van der Waals surface area (Å²) in [5.74, 6) is 0. The normalized spacial score (nSPS) is 8.89. The van der Waals surface area contributed by atoms with E-state index >= 15 is 0 Å². The number of aromatic nitrogens is 2. The Balaban J connectivity index is 3.12. The first-order chi connectivity index (χ1) is 4.38. The van der Waals surface area contributed by atoms with Crippen LogP contribution in [0.3, 0.4) is 0 Å². The Labute approximate surface area is 54.1 Å². The molecule has 0 atom stereocenters. The maximum absolute atomic E-state index is 3.93. The Morgan fingerprint density at radius 3 is 2.78 bits per heavy atom. The number of nitrogens with zero attached hydrogens (tertiary/aromatic N) is 2. The lowest BCUT2D eigenvalue weighted by Gasteiger charge is -1.91. The largest absolute Gasteiger partial charge is 0.242 e. The van der Waals surface area contributed by atoms with Crippen LogP contribution in [-0.2, 0) is 0 Å². The molecule has 1 rings (SSSR count). The molecule has 1 heterocycles. The minimum absolute atomic E-state index is 0.963. The van der Waals surface area contributed by atoms with Crippen molar-refractivity contribution in [3.05, 3.63) is 31.1 Å². The van der Waals surface area contributed by atoms with Gasteiger partial charge in [0, 0.05) is 12.4 Å². The second-order valence-electron chi connectivity index (χ2n) is 1.59. The minimum atomic E-state index is 0.963. The van der Waals surface area contributed by atoms with Gasteiger partial charge in [-0.3, -0.25) is 0 Å². The first-order valence-corrected chi connectivity index (χ1v) is 2.67. The predicted molar refractivity (Wildman–Crippen MR) is 38.7 cm³/mol. The summed E-state index contributed by atoms with van der Waals surface area (Å²) in [5, 5.41) is 3.93. The minimum Gasteiger partial charge on any atom is -0.242 e. The molecule has 0 unspecified atom stereocenters. The van der Waals surface area contributed by atoms with Crippen molar-refractivity contribution < 1.29 is 0 Å². The molecule has 0 aliphatic carbocycles. The van der Waals surface area contributed by atoms with E-state index in [1.165, 1.54) is 0 Å². The summed E-state index contributed by atoms with van der Waals surface area (Å²) in [6, 6.07) is 1.87. The second kappa shape index (κ2) is 2.31. The molecule has 0 amide bonds. The van der Waals surface area contributed by atoms with Crippen molar-refractivity contribution in [2.24, 2.45) is 0 Å². The van der Waals surface area contributed by atoms with Gasteiger partial charge < -0.3 is 0 Å². The Kier molecular flexibility index (Phi) is 1.49. The standard InChI is InChI=1S/C7H8N2/c1-3-7-5-6-8-9(7)4-2/h3-6H,1-2H2. The summed E-state index contributed by atoms with van der Waals surface area (Å²) in [4.78, 5) is 0. The summed E-state index contributed by atoms with van der Waals surface area (Å²) >= 11 is 0. The maximum Gasteiger partial charge on any atom is 0.0655 e. The van der Waals surface area contributed by atoms with E-state index in [0.717, 1.165) is 5.69 Å². The highest BCUT2D eigenvalue weighted by Crippen LogP contribution is 1.98. The Hall–Kier alpha value is -1.31. The zero-order valence-corrected chi connectivity index (χ0v) is 5.12. The topological polar surface area (TPSA) is 17.8 Å². The van der Waals surface area contributed by atoms with Crippen LogP contribution >= 0.6 is 0 Å². The highest BCUT2D eigenvalue weighted by atomic mass is 15.3. The van der Waals surface area contributed by atoms with E-state index in [9.17, 15) is 0 Å². The predicted octanol–water partition coefficient (Wildman–Crippen LogP) is 1.63. The molecular weight excluding hydrogens is 112 g/mol. The van der Waals surface area contributed by atoms with Gasteiger partial charge in [0.1, 0.15) is 0 Å². The fourth-order valence-corrected chi connectivity index (χ4v) is 0.639. The van der Waals surface area contributed by atoms with E-state index < -0.39 is 0 Å². The Morgan fingerprint density at radius 1 is 1.56 bits per heavy atom. The lowest BCUT2D eigenvalue weighted by Crippen LogP contribution is -1.88. The van der Waals surface area contributed by atoms with Crippen molar-refractivity contribution >= 4 is 12.3 Å². The van der Waals surface area contributed by atoms with Gasteiger partial charge in [-0.1, -0.05) is 13.2 Å². The summed E-state index contributed by atoms with van der Waals surface area (Å²) in [6.07, 6.45) is 5.07. The van der Waals surface area contributed by atoms with Gasteiger partial charge in [0.15, 0.2) is 0 Å². The molecule has 46 valence electrons. The van der Waals surface area contributed by atoms with Gasteiger partial charge in [-0.15, -0.1) is 0 Å². The molecule has 0 bridgehead atoms. The lowest BCUT2D eigenvalue weighted by atomic mass is 10.4. The fraction of sp³-hybridized carbons (Fsp3) is 0. The molecule has 2 nitrogen and oxygen atoms in total. The van der Waals surface area contributed by atoms with Crippen LogP contribution in [0.5, 0.6) is 0 Å². The molecule has 9 heavy (non-hydrogen) atoms. The molecule has 0 aromatic carbocycles. The molecule has 0 aliphatic rings. The van der Waals surface area contributed by atoms with Gasteiger partial charge in [-0.2, -0.15) is 5.10 Å². The molecule has 2 heteroatoms. The molecule has 0 N–H and O–H groups in total. The molecular formula is C7H8N2. The van der Waals surface area contributed by atoms with Gasteiger partial charge in [-0.05, 0) is 12.1 Å². The molecule has 0 saturated heterocycles. The van der Waals surface area contributed by atoms with E-state index in [1.54, 1.807) is 23.2 Å². The highest BCUT2D eigenvalue weighted by Gasteiger charge is 1.89. The molecule has 0 radical (unpaired) electrons. The SMILES string of the molecule is C=Cc1ccnn1C=C.